The van der Waals surface area contributed by atoms with Gasteiger partial charge in [0.15, 0.2) is 0 Å². The summed E-state index contributed by atoms with van der Waals surface area (Å²) >= 11 is 0. The highest BCUT2D eigenvalue weighted by molar-refractivity contribution is 5.56. The smallest absolute Gasteiger partial charge is 0.0425 e. The van der Waals surface area contributed by atoms with Crippen molar-refractivity contribution in [3.8, 4) is 0 Å². The van der Waals surface area contributed by atoms with E-state index >= 15 is 0 Å². The molecule has 52 valence electrons. The Bertz CT molecular complexity index is 255. The van der Waals surface area contributed by atoms with E-state index in [-0.39, 0.29) is 0 Å². The van der Waals surface area contributed by atoms with Crippen LogP contribution in [0, 0.1) is 6.92 Å². The maximum atomic E-state index is 4.21. The number of nitrogens with one attached hydrogen (secondary N) is 1. The van der Waals surface area contributed by atoms with Crippen LogP contribution in [0.15, 0.2) is 12.3 Å². The molecule has 0 saturated heterocycles. The van der Waals surface area contributed by atoms with Gasteiger partial charge in [-0.3, -0.25) is 4.98 Å². The number of nitrogens with zero attached hydrogens (tertiary/aromatic N) is 1. The van der Waals surface area contributed by atoms with E-state index in [1.165, 1.54) is 16.9 Å². The highest BCUT2D eigenvalue weighted by Crippen LogP contribution is 2.22. The van der Waals surface area contributed by atoms with Gasteiger partial charge >= 0.3 is 0 Å². The Balaban J connectivity index is 2.59. The summed E-state index contributed by atoms with van der Waals surface area (Å²) in [5.41, 5.74) is 3.83. The van der Waals surface area contributed by atoms with Gasteiger partial charge in [0, 0.05) is 24.1 Å². The van der Waals surface area contributed by atoms with Crippen LogP contribution in [0.5, 0.6) is 0 Å². The molecule has 2 rings (SSSR count). The van der Waals surface area contributed by atoms with Crippen LogP contribution in [0.25, 0.3) is 0 Å². The van der Waals surface area contributed by atoms with Crippen LogP contribution in [0.3, 0.4) is 0 Å². The summed E-state index contributed by atoms with van der Waals surface area (Å²) in [5, 5.41) is 3.30. The van der Waals surface area contributed by atoms with Crippen LogP contribution < -0.4 is 5.32 Å². The minimum Gasteiger partial charge on any atom is -0.384 e. The van der Waals surface area contributed by atoms with Crippen molar-refractivity contribution in [2.24, 2.45) is 0 Å². The van der Waals surface area contributed by atoms with Crippen LogP contribution >= 0.6 is 0 Å². The summed E-state index contributed by atoms with van der Waals surface area (Å²) in [6, 6.07) is 2.04. The van der Waals surface area contributed by atoms with E-state index in [2.05, 4.69) is 17.2 Å². The highest BCUT2D eigenvalue weighted by atomic mass is 14.9. The molecule has 0 radical (unpaired) electrons. The second-order valence-electron chi connectivity index (χ2n) is 2.60. The van der Waals surface area contributed by atoms with E-state index in [0.29, 0.717) is 0 Å². The molecule has 1 aliphatic rings. The molecule has 2 heteroatoms. The molecule has 2 nitrogen and oxygen atoms in total. The average Bonchev–Trinajstić information content (AvgIpc) is 2.36. The SMILES string of the molecule is Cc1nccc2c1CCN2. The number of pyridine rings is 1. The summed E-state index contributed by atoms with van der Waals surface area (Å²) < 4.78 is 0. The number of aromatic nitrogens is 1. The highest BCUT2D eigenvalue weighted by Gasteiger charge is 2.11. The van der Waals surface area contributed by atoms with E-state index in [1.54, 1.807) is 0 Å². The van der Waals surface area contributed by atoms with Gasteiger partial charge in [0.1, 0.15) is 0 Å². The molecule has 1 aromatic heterocycles. The molecule has 2 heterocycles. The molecular formula is C8H10N2. The van der Waals surface area contributed by atoms with Crippen molar-refractivity contribution in [1.29, 1.82) is 0 Å². The van der Waals surface area contributed by atoms with Crippen LogP contribution in [0.1, 0.15) is 11.3 Å². The fourth-order valence-electron chi connectivity index (χ4n) is 1.40. The van der Waals surface area contributed by atoms with Gasteiger partial charge in [-0.1, -0.05) is 0 Å². The number of fused-ring (bicyclic) bond motifs is 1. The zero-order valence-corrected chi connectivity index (χ0v) is 6.02. The monoisotopic (exact) mass is 134 g/mol. The molecule has 0 atom stereocenters. The van der Waals surface area contributed by atoms with Crippen LogP contribution in [-0.2, 0) is 6.42 Å². The Labute approximate surface area is 60.3 Å². The van der Waals surface area contributed by atoms with E-state index in [1.807, 2.05) is 12.3 Å². The van der Waals surface area contributed by atoms with Gasteiger partial charge in [-0.2, -0.15) is 0 Å². The summed E-state index contributed by atoms with van der Waals surface area (Å²) in [7, 11) is 0. The predicted octanol–water partition coefficient (Wildman–Crippen LogP) is 1.36. The largest absolute Gasteiger partial charge is 0.384 e. The topological polar surface area (TPSA) is 24.9 Å². The van der Waals surface area contributed by atoms with Crippen molar-refractivity contribution in [3.63, 3.8) is 0 Å². The molecule has 0 fully saturated rings. The number of hydrogen-bond acceptors (Lipinski definition) is 2. The third-order valence-corrected chi connectivity index (χ3v) is 1.96. The molecule has 0 saturated carbocycles. The Hall–Kier alpha value is -1.05. The van der Waals surface area contributed by atoms with Crippen LogP contribution in [-0.4, -0.2) is 11.5 Å². The number of rotatable bonds is 0. The minimum atomic E-state index is 1.07. The Morgan fingerprint density at radius 2 is 2.50 bits per heavy atom. The van der Waals surface area contributed by atoms with Crippen molar-refractivity contribution in [2.45, 2.75) is 13.3 Å². The third kappa shape index (κ3) is 0.685. The molecule has 0 bridgehead atoms. The summed E-state index contributed by atoms with van der Waals surface area (Å²) in [4.78, 5) is 4.21. The molecule has 1 N–H and O–H groups in total. The minimum absolute atomic E-state index is 1.07. The Morgan fingerprint density at radius 3 is 3.30 bits per heavy atom. The third-order valence-electron chi connectivity index (χ3n) is 1.96. The zero-order chi connectivity index (χ0) is 6.97. The first kappa shape index (κ1) is 5.71. The van der Waals surface area contributed by atoms with Crippen molar-refractivity contribution >= 4 is 5.69 Å². The molecule has 0 amide bonds. The first-order chi connectivity index (χ1) is 4.88. The standard InChI is InChI=1S/C8H10N2/c1-6-7-2-4-10-8(7)3-5-9-6/h3,5,10H,2,4H2,1H3. The van der Waals surface area contributed by atoms with E-state index in [9.17, 15) is 0 Å². The maximum absolute atomic E-state index is 4.21. The molecule has 0 unspecified atom stereocenters. The summed E-state index contributed by atoms with van der Waals surface area (Å²) in [5.74, 6) is 0. The lowest BCUT2D eigenvalue weighted by Gasteiger charge is -1.99. The average molecular weight is 134 g/mol. The first-order valence-electron chi connectivity index (χ1n) is 3.56. The Kier molecular flexibility index (Phi) is 1.13. The normalized spacial score (nSPS) is 14.5. The molecule has 0 aromatic carbocycles. The van der Waals surface area contributed by atoms with Crippen molar-refractivity contribution in [2.75, 3.05) is 11.9 Å². The lowest BCUT2D eigenvalue weighted by atomic mass is 10.1. The van der Waals surface area contributed by atoms with Gasteiger partial charge in [-0.15, -0.1) is 0 Å². The molecule has 10 heavy (non-hydrogen) atoms. The van der Waals surface area contributed by atoms with E-state index < -0.39 is 0 Å². The van der Waals surface area contributed by atoms with Crippen molar-refractivity contribution in [1.82, 2.24) is 4.98 Å². The van der Waals surface area contributed by atoms with E-state index in [4.69, 9.17) is 0 Å². The zero-order valence-electron chi connectivity index (χ0n) is 6.02. The lowest BCUT2D eigenvalue weighted by molar-refractivity contribution is 1.06. The molecule has 0 spiro atoms. The second-order valence-corrected chi connectivity index (χ2v) is 2.60. The summed E-state index contributed by atoms with van der Waals surface area (Å²) in [6.07, 6.45) is 2.99. The van der Waals surface area contributed by atoms with Gasteiger partial charge in [0.2, 0.25) is 0 Å². The van der Waals surface area contributed by atoms with Crippen molar-refractivity contribution in [3.05, 3.63) is 23.5 Å². The first-order valence-corrected chi connectivity index (χ1v) is 3.56. The van der Waals surface area contributed by atoms with E-state index in [0.717, 1.165) is 13.0 Å². The quantitative estimate of drug-likeness (QED) is 0.579. The van der Waals surface area contributed by atoms with Gasteiger partial charge < -0.3 is 5.32 Å². The maximum Gasteiger partial charge on any atom is 0.0425 e. The molecule has 1 aromatic rings. The fraction of sp³-hybridized carbons (Fsp3) is 0.375. The van der Waals surface area contributed by atoms with Crippen molar-refractivity contribution < 1.29 is 0 Å². The van der Waals surface area contributed by atoms with Gasteiger partial charge in [0.05, 0.1) is 0 Å². The van der Waals surface area contributed by atoms with Gasteiger partial charge in [-0.05, 0) is 25.0 Å². The molecule has 0 aliphatic carbocycles. The number of anilines is 1. The lowest BCUT2D eigenvalue weighted by Crippen LogP contribution is -1.90. The van der Waals surface area contributed by atoms with Gasteiger partial charge in [0.25, 0.3) is 0 Å². The van der Waals surface area contributed by atoms with Crippen LogP contribution in [0.2, 0.25) is 0 Å². The number of hydrogen-bond donors (Lipinski definition) is 1. The fourth-order valence-corrected chi connectivity index (χ4v) is 1.40. The Morgan fingerprint density at radius 1 is 1.60 bits per heavy atom. The van der Waals surface area contributed by atoms with Gasteiger partial charge in [-0.25, -0.2) is 0 Å². The predicted molar refractivity (Wildman–Crippen MR) is 41.2 cm³/mol. The molecular weight excluding hydrogens is 124 g/mol. The number of aryl methyl sites for hydroxylation is 1. The second kappa shape index (κ2) is 1.97. The molecule has 1 aliphatic heterocycles. The summed E-state index contributed by atoms with van der Waals surface area (Å²) in [6.45, 7) is 3.13. The van der Waals surface area contributed by atoms with Crippen LogP contribution in [0.4, 0.5) is 5.69 Å².